The molecule has 0 aliphatic carbocycles. The lowest BCUT2D eigenvalue weighted by atomic mass is 10.0. The zero-order chi connectivity index (χ0) is 19.6. The molecule has 6 nitrogen and oxygen atoms in total. The van der Waals surface area contributed by atoms with Crippen molar-refractivity contribution in [1.29, 1.82) is 0 Å². The van der Waals surface area contributed by atoms with Crippen molar-refractivity contribution < 1.29 is 5.11 Å². The zero-order valence-corrected chi connectivity index (χ0v) is 16.6. The number of pyridine rings is 1. The van der Waals surface area contributed by atoms with Gasteiger partial charge in [0.05, 0.1) is 12.6 Å². The van der Waals surface area contributed by atoms with Crippen LogP contribution >= 0.6 is 0 Å². The number of hydrogen-bond acceptors (Lipinski definition) is 4. The number of aromatic nitrogens is 1. The van der Waals surface area contributed by atoms with Crippen LogP contribution in [0.4, 0.5) is 0 Å². The van der Waals surface area contributed by atoms with Gasteiger partial charge in [0.15, 0.2) is 5.96 Å². The van der Waals surface area contributed by atoms with Crippen LogP contribution in [0.5, 0.6) is 0 Å². The van der Waals surface area contributed by atoms with E-state index in [4.69, 9.17) is 0 Å². The molecule has 1 fully saturated rings. The second-order valence-electron chi connectivity index (χ2n) is 7.20. The van der Waals surface area contributed by atoms with Gasteiger partial charge in [0.25, 0.3) is 0 Å². The third-order valence-corrected chi connectivity index (χ3v) is 5.03. The minimum Gasteiger partial charge on any atom is -0.386 e. The lowest BCUT2D eigenvalue weighted by molar-refractivity contribution is 0.186. The molecule has 1 saturated heterocycles. The van der Waals surface area contributed by atoms with Gasteiger partial charge in [-0.3, -0.25) is 14.9 Å². The topological polar surface area (TPSA) is 72.8 Å². The van der Waals surface area contributed by atoms with E-state index >= 15 is 0 Å². The standard InChI is InChI=1S/C22H31N5O/c1-2-24-22(25-16-21(28)19-8-12-23-13-9-19)26-20-10-14-27(15-11-20)17-18-6-4-3-5-7-18/h3-9,12-13,20-21,28H,2,10-11,14-17H2,1H3,(H2,24,25,26). The summed E-state index contributed by atoms with van der Waals surface area (Å²) in [5, 5.41) is 17.1. The molecular weight excluding hydrogens is 350 g/mol. The van der Waals surface area contributed by atoms with Gasteiger partial charge in [-0.1, -0.05) is 30.3 Å². The Morgan fingerprint density at radius 3 is 2.57 bits per heavy atom. The summed E-state index contributed by atoms with van der Waals surface area (Å²) in [7, 11) is 0. The van der Waals surface area contributed by atoms with Gasteiger partial charge in [0.2, 0.25) is 0 Å². The van der Waals surface area contributed by atoms with Gasteiger partial charge in [0.1, 0.15) is 0 Å². The van der Waals surface area contributed by atoms with E-state index in [1.807, 2.05) is 12.1 Å². The van der Waals surface area contributed by atoms with Crippen molar-refractivity contribution in [3.8, 4) is 0 Å². The summed E-state index contributed by atoms with van der Waals surface area (Å²) in [6.07, 6.45) is 4.93. The van der Waals surface area contributed by atoms with Gasteiger partial charge in [0, 0.05) is 44.6 Å². The van der Waals surface area contributed by atoms with Crippen LogP contribution in [0.3, 0.4) is 0 Å². The fourth-order valence-electron chi connectivity index (χ4n) is 3.46. The van der Waals surface area contributed by atoms with Crippen LogP contribution in [-0.4, -0.2) is 53.2 Å². The summed E-state index contributed by atoms with van der Waals surface area (Å²) in [5.41, 5.74) is 2.21. The van der Waals surface area contributed by atoms with Crippen LogP contribution in [0.15, 0.2) is 59.9 Å². The van der Waals surface area contributed by atoms with Crippen LogP contribution in [0.2, 0.25) is 0 Å². The van der Waals surface area contributed by atoms with E-state index in [0.717, 1.165) is 50.5 Å². The Morgan fingerprint density at radius 1 is 1.18 bits per heavy atom. The van der Waals surface area contributed by atoms with E-state index in [9.17, 15) is 5.11 Å². The number of piperidine rings is 1. The zero-order valence-electron chi connectivity index (χ0n) is 16.6. The van der Waals surface area contributed by atoms with E-state index in [1.54, 1.807) is 12.4 Å². The van der Waals surface area contributed by atoms with Crippen LogP contribution in [0, 0.1) is 0 Å². The monoisotopic (exact) mass is 381 g/mol. The van der Waals surface area contributed by atoms with Crippen molar-refractivity contribution in [2.24, 2.45) is 4.99 Å². The van der Waals surface area contributed by atoms with Crippen LogP contribution in [0.25, 0.3) is 0 Å². The lowest BCUT2D eigenvalue weighted by Crippen LogP contribution is -2.48. The average molecular weight is 382 g/mol. The number of benzene rings is 1. The summed E-state index contributed by atoms with van der Waals surface area (Å²) >= 11 is 0. The Balaban J connectivity index is 1.48. The molecule has 150 valence electrons. The quantitative estimate of drug-likeness (QED) is 0.507. The highest BCUT2D eigenvalue weighted by Crippen LogP contribution is 2.14. The lowest BCUT2D eigenvalue weighted by Gasteiger charge is -2.33. The summed E-state index contributed by atoms with van der Waals surface area (Å²) in [4.78, 5) is 11.1. The molecule has 1 aliphatic rings. The average Bonchev–Trinajstić information content (AvgIpc) is 2.75. The second kappa shape index (κ2) is 10.8. The Kier molecular flexibility index (Phi) is 7.82. The van der Waals surface area contributed by atoms with E-state index in [0.29, 0.717) is 12.6 Å². The Morgan fingerprint density at radius 2 is 1.89 bits per heavy atom. The van der Waals surface area contributed by atoms with Crippen molar-refractivity contribution in [1.82, 2.24) is 20.5 Å². The highest BCUT2D eigenvalue weighted by atomic mass is 16.3. The fraction of sp³-hybridized carbons (Fsp3) is 0.455. The number of likely N-dealkylation sites (tertiary alicyclic amines) is 1. The summed E-state index contributed by atoms with van der Waals surface area (Å²) in [6, 6.07) is 14.7. The number of nitrogens with zero attached hydrogens (tertiary/aromatic N) is 3. The number of rotatable bonds is 7. The molecule has 0 amide bonds. The van der Waals surface area contributed by atoms with Crippen molar-refractivity contribution in [3.05, 3.63) is 66.0 Å². The minimum atomic E-state index is -0.619. The van der Waals surface area contributed by atoms with E-state index in [1.165, 1.54) is 5.56 Å². The first kappa shape index (κ1) is 20.3. The predicted octanol–water partition coefficient (Wildman–Crippen LogP) is 2.33. The number of aliphatic imine (C=N–C) groups is 1. The first-order valence-corrected chi connectivity index (χ1v) is 10.1. The maximum atomic E-state index is 10.3. The van der Waals surface area contributed by atoms with E-state index in [-0.39, 0.29) is 0 Å². The Labute approximate surface area is 167 Å². The molecule has 3 N–H and O–H groups in total. The van der Waals surface area contributed by atoms with Gasteiger partial charge in [-0.15, -0.1) is 0 Å². The highest BCUT2D eigenvalue weighted by Gasteiger charge is 2.20. The summed E-state index contributed by atoms with van der Waals surface area (Å²) in [6.45, 7) is 6.34. The molecule has 6 heteroatoms. The van der Waals surface area contributed by atoms with Crippen molar-refractivity contribution in [2.75, 3.05) is 26.2 Å². The largest absolute Gasteiger partial charge is 0.386 e. The smallest absolute Gasteiger partial charge is 0.191 e. The minimum absolute atomic E-state index is 0.326. The Hall–Kier alpha value is -2.44. The molecule has 1 aromatic heterocycles. The molecule has 28 heavy (non-hydrogen) atoms. The summed E-state index contributed by atoms with van der Waals surface area (Å²) < 4.78 is 0. The number of aliphatic hydroxyl groups excluding tert-OH is 1. The van der Waals surface area contributed by atoms with Crippen molar-refractivity contribution >= 4 is 5.96 Å². The molecule has 0 bridgehead atoms. The maximum absolute atomic E-state index is 10.3. The molecule has 1 atom stereocenters. The summed E-state index contributed by atoms with van der Waals surface area (Å²) in [5.74, 6) is 0.775. The number of nitrogens with one attached hydrogen (secondary N) is 2. The molecule has 0 spiro atoms. The first-order chi connectivity index (χ1) is 13.7. The van der Waals surface area contributed by atoms with Gasteiger partial charge >= 0.3 is 0 Å². The van der Waals surface area contributed by atoms with Crippen LogP contribution in [0.1, 0.15) is 37.0 Å². The first-order valence-electron chi connectivity index (χ1n) is 10.1. The molecule has 0 radical (unpaired) electrons. The van der Waals surface area contributed by atoms with Crippen LogP contribution in [-0.2, 0) is 6.54 Å². The second-order valence-corrected chi connectivity index (χ2v) is 7.20. The molecule has 1 unspecified atom stereocenters. The molecule has 3 rings (SSSR count). The highest BCUT2D eigenvalue weighted by molar-refractivity contribution is 5.80. The van der Waals surface area contributed by atoms with Crippen LogP contribution < -0.4 is 10.6 Å². The van der Waals surface area contributed by atoms with Crippen molar-refractivity contribution in [3.63, 3.8) is 0 Å². The predicted molar refractivity (Wildman–Crippen MR) is 113 cm³/mol. The molecule has 1 aliphatic heterocycles. The fourth-order valence-corrected chi connectivity index (χ4v) is 3.46. The number of aliphatic hydroxyl groups is 1. The third kappa shape index (κ3) is 6.32. The van der Waals surface area contributed by atoms with Gasteiger partial charge < -0.3 is 15.7 Å². The maximum Gasteiger partial charge on any atom is 0.191 e. The molecule has 2 heterocycles. The molecular formula is C22H31N5O. The SMILES string of the molecule is CCNC(=NCC(O)c1ccncc1)NC1CCN(Cc2ccccc2)CC1. The third-order valence-electron chi connectivity index (χ3n) is 5.03. The Bertz CT molecular complexity index is 714. The molecule has 2 aromatic rings. The normalized spacial score (nSPS) is 17.3. The number of guanidine groups is 1. The van der Waals surface area contributed by atoms with E-state index < -0.39 is 6.10 Å². The van der Waals surface area contributed by atoms with Gasteiger partial charge in [-0.05, 0) is 43.0 Å². The molecule has 1 aromatic carbocycles. The molecule has 0 saturated carbocycles. The van der Waals surface area contributed by atoms with Gasteiger partial charge in [-0.2, -0.15) is 0 Å². The van der Waals surface area contributed by atoms with Crippen molar-refractivity contribution in [2.45, 2.75) is 38.5 Å². The van der Waals surface area contributed by atoms with E-state index in [2.05, 4.69) is 62.8 Å². The van der Waals surface area contributed by atoms with Gasteiger partial charge in [-0.25, -0.2) is 0 Å². The number of hydrogen-bond donors (Lipinski definition) is 3.